The average molecular weight is 361 g/mol. The lowest BCUT2D eigenvalue weighted by molar-refractivity contribution is 0.102. The summed E-state index contributed by atoms with van der Waals surface area (Å²) in [6.45, 7) is 5.96. The van der Waals surface area contributed by atoms with Crippen molar-refractivity contribution in [3.05, 3.63) is 77.1 Å². The molecular formula is C22H23N3O2. The van der Waals surface area contributed by atoms with Gasteiger partial charge in [-0.25, -0.2) is 0 Å². The first-order valence-corrected chi connectivity index (χ1v) is 8.72. The van der Waals surface area contributed by atoms with E-state index in [-0.39, 0.29) is 5.91 Å². The number of pyridine rings is 1. The summed E-state index contributed by atoms with van der Waals surface area (Å²) in [5.74, 6) is 0.533. The highest BCUT2D eigenvalue weighted by Crippen LogP contribution is 2.28. The number of aryl methyl sites for hydroxylation is 3. The Morgan fingerprint density at radius 1 is 1.00 bits per heavy atom. The summed E-state index contributed by atoms with van der Waals surface area (Å²) in [6.07, 6.45) is 3.24. The maximum atomic E-state index is 12.7. The van der Waals surface area contributed by atoms with Gasteiger partial charge in [-0.05, 0) is 55.7 Å². The first-order chi connectivity index (χ1) is 13.0. The molecule has 138 valence electrons. The van der Waals surface area contributed by atoms with Crippen LogP contribution in [0.25, 0.3) is 0 Å². The van der Waals surface area contributed by atoms with Crippen molar-refractivity contribution in [1.29, 1.82) is 0 Å². The highest BCUT2D eigenvalue weighted by atomic mass is 16.5. The molecule has 0 aliphatic heterocycles. The van der Waals surface area contributed by atoms with Crippen LogP contribution in [0.1, 0.15) is 27.0 Å². The third-order valence-electron chi connectivity index (χ3n) is 4.35. The first kappa shape index (κ1) is 18.5. The largest absolute Gasteiger partial charge is 0.495 e. The summed E-state index contributed by atoms with van der Waals surface area (Å²) >= 11 is 0. The Morgan fingerprint density at radius 3 is 2.44 bits per heavy atom. The monoisotopic (exact) mass is 361 g/mol. The molecule has 5 nitrogen and oxygen atoms in total. The van der Waals surface area contributed by atoms with Gasteiger partial charge in [0.1, 0.15) is 5.75 Å². The van der Waals surface area contributed by atoms with E-state index < -0.39 is 0 Å². The Bertz CT molecular complexity index is 963. The molecule has 1 aromatic heterocycles. The number of anilines is 3. The molecule has 0 bridgehead atoms. The molecule has 0 saturated heterocycles. The average Bonchev–Trinajstić information content (AvgIpc) is 2.65. The zero-order valence-corrected chi connectivity index (χ0v) is 16.0. The summed E-state index contributed by atoms with van der Waals surface area (Å²) in [5, 5.41) is 6.26. The van der Waals surface area contributed by atoms with Crippen molar-refractivity contribution in [2.75, 3.05) is 17.7 Å². The molecule has 5 heteroatoms. The molecule has 0 atom stereocenters. The van der Waals surface area contributed by atoms with Crippen LogP contribution in [0.5, 0.6) is 5.75 Å². The van der Waals surface area contributed by atoms with E-state index in [0.717, 1.165) is 33.8 Å². The minimum Gasteiger partial charge on any atom is -0.495 e. The van der Waals surface area contributed by atoms with Gasteiger partial charge in [-0.2, -0.15) is 0 Å². The smallest absolute Gasteiger partial charge is 0.257 e. The van der Waals surface area contributed by atoms with Gasteiger partial charge >= 0.3 is 0 Å². The van der Waals surface area contributed by atoms with Crippen LogP contribution in [-0.4, -0.2) is 18.0 Å². The van der Waals surface area contributed by atoms with Crippen LogP contribution in [0.4, 0.5) is 17.1 Å². The number of hydrogen-bond donors (Lipinski definition) is 2. The second-order valence-corrected chi connectivity index (χ2v) is 6.51. The highest BCUT2D eigenvalue weighted by Gasteiger charge is 2.11. The number of para-hydroxylation sites is 1. The van der Waals surface area contributed by atoms with E-state index in [9.17, 15) is 4.79 Å². The Hall–Kier alpha value is -3.34. The molecule has 0 unspecified atom stereocenters. The number of carbonyl (C=O) groups is 1. The van der Waals surface area contributed by atoms with Crippen molar-refractivity contribution in [1.82, 2.24) is 4.98 Å². The molecule has 0 radical (unpaired) electrons. The van der Waals surface area contributed by atoms with Crippen molar-refractivity contribution in [3.8, 4) is 5.75 Å². The highest BCUT2D eigenvalue weighted by molar-refractivity contribution is 6.05. The fourth-order valence-electron chi connectivity index (χ4n) is 2.90. The Kier molecular flexibility index (Phi) is 5.41. The molecule has 0 aliphatic rings. The quantitative estimate of drug-likeness (QED) is 0.670. The number of benzene rings is 2. The van der Waals surface area contributed by atoms with Crippen molar-refractivity contribution in [3.63, 3.8) is 0 Å². The van der Waals surface area contributed by atoms with Crippen LogP contribution in [0, 0.1) is 20.8 Å². The summed E-state index contributed by atoms with van der Waals surface area (Å²) in [6, 6.07) is 13.6. The summed E-state index contributed by atoms with van der Waals surface area (Å²) < 4.78 is 5.39. The number of carbonyl (C=O) groups excluding carboxylic acids is 1. The Balaban J connectivity index is 1.83. The Labute approximate surface area is 159 Å². The van der Waals surface area contributed by atoms with Crippen molar-refractivity contribution in [2.45, 2.75) is 20.8 Å². The van der Waals surface area contributed by atoms with Gasteiger partial charge in [0.05, 0.1) is 30.2 Å². The molecule has 0 spiro atoms. The number of nitrogens with zero attached hydrogens (tertiary/aromatic N) is 1. The maximum Gasteiger partial charge on any atom is 0.257 e. The van der Waals surface area contributed by atoms with E-state index in [1.165, 1.54) is 0 Å². The maximum absolute atomic E-state index is 12.7. The van der Waals surface area contributed by atoms with E-state index in [1.807, 2.05) is 57.2 Å². The van der Waals surface area contributed by atoms with Crippen molar-refractivity contribution < 1.29 is 9.53 Å². The van der Waals surface area contributed by atoms with Crippen LogP contribution >= 0.6 is 0 Å². The van der Waals surface area contributed by atoms with Gasteiger partial charge in [0, 0.05) is 11.9 Å². The summed E-state index contributed by atoms with van der Waals surface area (Å²) in [5.41, 5.74) is 6.01. The van der Waals surface area contributed by atoms with Crippen molar-refractivity contribution >= 4 is 23.0 Å². The number of rotatable bonds is 5. The lowest BCUT2D eigenvalue weighted by Gasteiger charge is -2.14. The van der Waals surface area contributed by atoms with Crippen LogP contribution in [0.15, 0.2) is 54.9 Å². The minimum absolute atomic E-state index is 0.195. The van der Waals surface area contributed by atoms with E-state index in [2.05, 4.69) is 15.6 Å². The first-order valence-electron chi connectivity index (χ1n) is 8.72. The van der Waals surface area contributed by atoms with E-state index >= 15 is 0 Å². The Morgan fingerprint density at radius 2 is 1.74 bits per heavy atom. The van der Waals surface area contributed by atoms with Gasteiger partial charge < -0.3 is 15.4 Å². The molecule has 0 aliphatic carbocycles. The van der Waals surface area contributed by atoms with E-state index in [4.69, 9.17) is 4.74 Å². The lowest BCUT2D eigenvalue weighted by atomic mass is 10.1. The number of methoxy groups -OCH3 is 1. The fourth-order valence-corrected chi connectivity index (χ4v) is 2.90. The normalized spacial score (nSPS) is 10.4. The second kappa shape index (κ2) is 7.91. The molecule has 0 fully saturated rings. The molecule has 1 heterocycles. The SMILES string of the molecule is COc1ccc(C)cc1Nc1cncc(C(=O)Nc2c(C)cccc2C)c1. The van der Waals surface area contributed by atoms with Crippen LogP contribution in [0.3, 0.4) is 0 Å². The number of ether oxygens (including phenoxy) is 1. The zero-order chi connectivity index (χ0) is 19.4. The molecule has 3 aromatic rings. The standard InChI is InChI=1S/C22H23N3O2/c1-14-8-9-20(27-4)19(10-14)24-18-11-17(12-23-13-18)22(26)25-21-15(2)6-5-7-16(21)3/h5-13,24H,1-4H3,(H,25,26). The van der Waals surface area contributed by atoms with Crippen molar-refractivity contribution in [2.24, 2.45) is 0 Å². The third kappa shape index (κ3) is 4.26. The lowest BCUT2D eigenvalue weighted by Crippen LogP contribution is -2.14. The van der Waals surface area contributed by atoms with E-state index in [0.29, 0.717) is 11.3 Å². The van der Waals surface area contributed by atoms with Gasteiger partial charge in [-0.15, -0.1) is 0 Å². The molecule has 2 aromatic carbocycles. The topological polar surface area (TPSA) is 63.2 Å². The van der Waals surface area contributed by atoms with Gasteiger partial charge in [0.15, 0.2) is 0 Å². The number of aromatic nitrogens is 1. The molecule has 27 heavy (non-hydrogen) atoms. The van der Waals surface area contributed by atoms with Gasteiger partial charge in [-0.3, -0.25) is 9.78 Å². The number of nitrogens with one attached hydrogen (secondary N) is 2. The molecule has 2 N–H and O–H groups in total. The predicted octanol–water partition coefficient (Wildman–Crippen LogP) is 5.01. The predicted molar refractivity (Wildman–Crippen MR) is 109 cm³/mol. The molecule has 1 amide bonds. The van der Waals surface area contributed by atoms with Crippen LogP contribution in [0.2, 0.25) is 0 Å². The van der Waals surface area contributed by atoms with Gasteiger partial charge in [0.25, 0.3) is 5.91 Å². The van der Waals surface area contributed by atoms with Gasteiger partial charge in [0.2, 0.25) is 0 Å². The molecular weight excluding hydrogens is 338 g/mol. The van der Waals surface area contributed by atoms with E-state index in [1.54, 1.807) is 25.6 Å². The molecule has 3 rings (SSSR count). The molecule has 0 saturated carbocycles. The second-order valence-electron chi connectivity index (χ2n) is 6.51. The third-order valence-corrected chi connectivity index (χ3v) is 4.35. The van der Waals surface area contributed by atoms with Crippen LogP contribution in [-0.2, 0) is 0 Å². The van der Waals surface area contributed by atoms with Gasteiger partial charge in [-0.1, -0.05) is 24.3 Å². The van der Waals surface area contributed by atoms with Crippen LogP contribution < -0.4 is 15.4 Å². The summed E-state index contributed by atoms with van der Waals surface area (Å²) in [7, 11) is 1.63. The zero-order valence-electron chi connectivity index (χ0n) is 16.0. The number of amides is 1. The number of hydrogen-bond acceptors (Lipinski definition) is 4. The minimum atomic E-state index is -0.195. The fraction of sp³-hybridized carbons (Fsp3) is 0.182. The summed E-state index contributed by atoms with van der Waals surface area (Å²) in [4.78, 5) is 16.9.